The van der Waals surface area contributed by atoms with Gasteiger partial charge in [-0.15, -0.1) is 0 Å². The highest BCUT2D eigenvalue weighted by molar-refractivity contribution is 5.96. The van der Waals surface area contributed by atoms with Crippen LogP contribution in [0.5, 0.6) is 0 Å². The maximum absolute atomic E-state index is 13.3. The molecule has 1 heterocycles. The summed E-state index contributed by atoms with van der Waals surface area (Å²) in [5, 5.41) is 30.5. The molecule has 6 amide bonds. The number of carboxylic acid groups (broad SMARTS) is 2. The number of aromatic nitrogens is 2. The number of carboxylic acids is 2. The van der Waals surface area contributed by atoms with Crippen molar-refractivity contribution >= 4 is 47.4 Å². The maximum atomic E-state index is 13.3. The highest BCUT2D eigenvalue weighted by Crippen LogP contribution is 2.07. The number of carbonyl (C=O) groups is 8. The number of aromatic amines is 1. The van der Waals surface area contributed by atoms with Crippen LogP contribution in [-0.2, 0) is 51.2 Å². The number of carbonyl (C=O) groups excluding carboxylic acids is 6. The molecule has 2 aromatic rings. The molecule has 0 saturated heterocycles. The van der Waals surface area contributed by atoms with Gasteiger partial charge < -0.3 is 53.2 Å². The van der Waals surface area contributed by atoms with Gasteiger partial charge in [-0.05, 0) is 25.8 Å². The zero-order chi connectivity index (χ0) is 36.7. The Balaban J connectivity index is 2.08. The molecule has 19 nitrogen and oxygen atoms in total. The molecule has 0 fully saturated rings. The van der Waals surface area contributed by atoms with Crippen molar-refractivity contribution in [3.05, 3.63) is 54.1 Å². The quantitative estimate of drug-likeness (QED) is 0.0658. The topological polar surface area (TPSA) is 318 Å². The Kier molecular flexibility index (Phi) is 15.3. The molecule has 0 aliphatic rings. The summed E-state index contributed by atoms with van der Waals surface area (Å²) in [7, 11) is 0. The number of primary amides is 1. The number of imidazole rings is 1. The summed E-state index contributed by atoms with van der Waals surface area (Å²) in [5.74, 6) is -7.81. The molecular weight excluding hydrogens is 646 g/mol. The molecule has 12 N–H and O–H groups in total. The van der Waals surface area contributed by atoms with Crippen LogP contribution in [0.15, 0.2) is 42.9 Å². The minimum atomic E-state index is -1.50. The van der Waals surface area contributed by atoms with E-state index in [0.717, 1.165) is 0 Å². The average molecular weight is 688 g/mol. The van der Waals surface area contributed by atoms with E-state index in [2.05, 4.69) is 36.6 Å². The summed E-state index contributed by atoms with van der Waals surface area (Å²) < 4.78 is 0. The first-order valence-corrected chi connectivity index (χ1v) is 15.1. The Bertz CT molecular complexity index is 1490. The van der Waals surface area contributed by atoms with E-state index >= 15 is 0 Å². The zero-order valence-corrected chi connectivity index (χ0v) is 26.8. The molecule has 49 heavy (non-hydrogen) atoms. The van der Waals surface area contributed by atoms with Crippen molar-refractivity contribution in [2.24, 2.45) is 11.5 Å². The van der Waals surface area contributed by atoms with E-state index in [1.165, 1.54) is 26.4 Å². The Hall–Kier alpha value is -5.85. The Morgan fingerprint density at radius 1 is 0.755 bits per heavy atom. The van der Waals surface area contributed by atoms with Crippen molar-refractivity contribution in [2.45, 2.75) is 82.2 Å². The predicted octanol–water partition coefficient (Wildman–Crippen LogP) is -3.19. The SMILES string of the molecule is C[C@H](NC(=O)[C@H](C)NC(=O)[C@H](CCC(N)=O)NC(=O)[C@@H](N)CC(=O)O)C(=O)N[C@@H](Cc1ccccc1)C(=O)N[C@@H](Cc1c[nH]cn1)C(=O)O. The number of rotatable bonds is 20. The predicted molar refractivity (Wildman–Crippen MR) is 170 cm³/mol. The molecule has 0 bridgehead atoms. The smallest absolute Gasteiger partial charge is 0.326 e. The van der Waals surface area contributed by atoms with Crippen LogP contribution < -0.4 is 38.1 Å². The summed E-state index contributed by atoms with van der Waals surface area (Å²) in [6.45, 7) is 2.59. The van der Waals surface area contributed by atoms with Gasteiger partial charge in [-0.25, -0.2) is 9.78 Å². The van der Waals surface area contributed by atoms with Crippen molar-refractivity contribution in [1.29, 1.82) is 0 Å². The van der Waals surface area contributed by atoms with Crippen LogP contribution in [0.3, 0.4) is 0 Å². The Morgan fingerprint density at radius 3 is 1.86 bits per heavy atom. The van der Waals surface area contributed by atoms with Gasteiger partial charge in [0, 0.05) is 25.5 Å². The lowest BCUT2D eigenvalue weighted by Crippen LogP contribution is -2.58. The summed E-state index contributed by atoms with van der Waals surface area (Å²) in [5.41, 5.74) is 11.7. The van der Waals surface area contributed by atoms with Gasteiger partial charge in [0.1, 0.15) is 30.2 Å². The number of nitrogens with zero attached hydrogens (tertiary/aromatic N) is 1. The van der Waals surface area contributed by atoms with Crippen LogP contribution >= 0.6 is 0 Å². The molecule has 19 heteroatoms. The summed E-state index contributed by atoms with van der Waals surface area (Å²) in [6, 6.07) is 0.539. The number of nitrogens with two attached hydrogens (primary N) is 2. The van der Waals surface area contributed by atoms with E-state index in [-0.39, 0.29) is 25.7 Å². The van der Waals surface area contributed by atoms with E-state index in [0.29, 0.717) is 11.3 Å². The number of nitrogens with one attached hydrogen (secondary N) is 6. The van der Waals surface area contributed by atoms with Gasteiger partial charge in [0.2, 0.25) is 35.4 Å². The first-order chi connectivity index (χ1) is 23.1. The Labute approximate surface area is 280 Å². The number of hydrogen-bond acceptors (Lipinski definition) is 10. The number of hydrogen-bond donors (Lipinski definition) is 10. The van der Waals surface area contributed by atoms with Crippen LogP contribution in [-0.4, -0.2) is 104 Å². The molecule has 0 spiro atoms. The number of aliphatic carboxylic acids is 2. The third-order valence-corrected chi connectivity index (χ3v) is 7.05. The molecular formula is C30H41N9O10. The van der Waals surface area contributed by atoms with Crippen molar-refractivity contribution in [3.8, 4) is 0 Å². The fraction of sp³-hybridized carbons (Fsp3) is 0.433. The van der Waals surface area contributed by atoms with Crippen LogP contribution in [0.1, 0.15) is 44.4 Å². The van der Waals surface area contributed by atoms with Gasteiger partial charge in [-0.3, -0.25) is 33.6 Å². The average Bonchev–Trinajstić information content (AvgIpc) is 3.55. The van der Waals surface area contributed by atoms with E-state index < -0.39 is 90.1 Å². The standard InChI is InChI=1S/C30H41N9O10/c1-15(36-28(46)20(8-9-23(32)40)37-27(45)19(31)12-24(41)42)25(43)35-16(2)26(44)38-21(10-17-6-4-3-5-7-17)29(47)39-22(30(48)49)11-18-13-33-14-34-18/h3-7,13-16,19-22H,8-12,31H2,1-2H3,(H2,32,40)(H,33,34)(H,35,43)(H,36,46)(H,37,45)(H,38,44)(H,39,47)(H,41,42)(H,48,49)/t15-,16-,19-,20-,21-,22-/m0/s1. The second-order valence-corrected chi connectivity index (χ2v) is 11.1. The van der Waals surface area contributed by atoms with Gasteiger partial charge in [-0.2, -0.15) is 0 Å². The molecule has 0 aliphatic carbocycles. The third kappa shape index (κ3) is 13.8. The second kappa shape index (κ2) is 19.1. The maximum Gasteiger partial charge on any atom is 0.326 e. The molecule has 0 aliphatic heterocycles. The van der Waals surface area contributed by atoms with E-state index in [4.69, 9.17) is 16.6 Å². The summed E-state index contributed by atoms with van der Waals surface area (Å²) in [4.78, 5) is 105. The van der Waals surface area contributed by atoms with Crippen molar-refractivity contribution in [2.75, 3.05) is 0 Å². The first-order valence-electron chi connectivity index (χ1n) is 15.1. The molecule has 0 radical (unpaired) electrons. The lowest BCUT2D eigenvalue weighted by atomic mass is 10.0. The van der Waals surface area contributed by atoms with Gasteiger partial charge in [-0.1, -0.05) is 30.3 Å². The third-order valence-electron chi connectivity index (χ3n) is 7.05. The van der Waals surface area contributed by atoms with Gasteiger partial charge in [0.15, 0.2) is 0 Å². The molecule has 1 aromatic carbocycles. The summed E-state index contributed by atoms with van der Waals surface area (Å²) in [6.07, 6.45) is 1.34. The molecule has 0 saturated carbocycles. The lowest BCUT2D eigenvalue weighted by Gasteiger charge is -2.25. The van der Waals surface area contributed by atoms with E-state index in [1.54, 1.807) is 30.3 Å². The van der Waals surface area contributed by atoms with Crippen molar-refractivity contribution in [3.63, 3.8) is 0 Å². The molecule has 6 atom stereocenters. The fourth-order valence-electron chi connectivity index (χ4n) is 4.34. The molecule has 0 unspecified atom stereocenters. The van der Waals surface area contributed by atoms with Crippen LogP contribution in [0.2, 0.25) is 0 Å². The molecule has 266 valence electrons. The highest BCUT2D eigenvalue weighted by atomic mass is 16.4. The number of amides is 6. The zero-order valence-electron chi connectivity index (χ0n) is 26.8. The van der Waals surface area contributed by atoms with Crippen LogP contribution in [0, 0.1) is 0 Å². The highest BCUT2D eigenvalue weighted by Gasteiger charge is 2.31. The van der Waals surface area contributed by atoms with Gasteiger partial charge in [0.05, 0.1) is 24.5 Å². The Morgan fingerprint density at radius 2 is 1.31 bits per heavy atom. The normalized spacial score (nSPS) is 14.4. The van der Waals surface area contributed by atoms with E-state index in [1.807, 2.05) is 0 Å². The first kappa shape index (κ1) is 39.3. The number of H-pyrrole nitrogens is 1. The largest absolute Gasteiger partial charge is 0.481 e. The van der Waals surface area contributed by atoms with Gasteiger partial charge >= 0.3 is 11.9 Å². The van der Waals surface area contributed by atoms with Crippen LogP contribution in [0.4, 0.5) is 0 Å². The minimum absolute atomic E-state index is 0.0190. The van der Waals surface area contributed by atoms with Gasteiger partial charge in [0.25, 0.3) is 0 Å². The van der Waals surface area contributed by atoms with E-state index in [9.17, 15) is 43.5 Å². The molecule has 2 rings (SSSR count). The second-order valence-electron chi connectivity index (χ2n) is 11.1. The van der Waals surface area contributed by atoms with Crippen LogP contribution in [0.25, 0.3) is 0 Å². The monoisotopic (exact) mass is 687 g/mol. The minimum Gasteiger partial charge on any atom is -0.481 e. The van der Waals surface area contributed by atoms with Crippen molar-refractivity contribution in [1.82, 2.24) is 36.6 Å². The lowest BCUT2D eigenvalue weighted by molar-refractivity contribution is -0.142. The number of benzene rings is 1. The fourth-order valence-corrected chi connectivity index (χ4v) is 4.34. The van der Waals surface area contributed by atoms with Crippen molar-refractivity contribution < 1.29 is 48.6 Å². The summed E-state index contributed by atoms with van der Waals surface area (Å²) >= 11 is 0. The molecule has 1 aromatic heterocycles.